The zero-order chi connectivity index (χ0) is 23.6. The van der Waals surface area contributed by atoms with Crippen LogP contribution in [0.3, 0.4) is 0 Å². The van der Waals surface area contributed by atoms with Gasteiger partial charge in [0.15, 0.2) is 12.4 Å². The first-order chi connectivity index (χ1) is 14.6. The second kappa shape index (κ2) is 12.5. The molecule has 5 atom stereocenters. The van der Waals surface area contributed by atoms with Crippen molar-refractivity contribution in [3.8, 4) is 0 Å². The Labute approximate surface area is 178 Å². The maximum atomic E-state index is 11.8. The molecule has 1 aromatic heterocycles. The quantitative estimate of drug-likeness (QED) is 0.250. The van der Waals surface area contributed by atoms with Crippen molar-refractivity contribution in [3.63, 3.8) is 0 Å². The zero-order valence-corrected chi connectivity index (χ0v) is 17.0. The van der Waals surface area contributed by atoms with Crippen LogP contribution in [0.5, 0.6) is 0 Å². The topological polar surface area (TPSA) is 179 Å². The highest BCUT2D eigenvalue weighted by molar-refractivity contribution is 5.87. The van der Waals surface area contributed by atoms with Gasteiger partial charge in [-0.05, 0) is 19.4 Å². The molecule has 0 amide bonds. The van der Waals surface area contributed by atoms with E-state index in [9.17, 15) is 14.4 Å². The summed E-state index contributed by atoms with van der Waals surface area (Å²) in [5, 5.41) is 43.2. The van der Waals surface area contributed by atoms with Crippen molar-refractivity contribution in [2.75, 3.05) is 6.61 Å². The number of esters is 1. The highest BCUT2D eigenvalue weighted by atomic mass is 16.5. The number of ether oxygens (including phenoxy) is 1. The van der Waals surface area contributed by atoms with Crippen LogP contribution >= 0.6 is 0 Å². The number of rotatable bonds is 9. The molecule has 1 aromatic carbocycles. The summed E-state index contributed by atoms with van der Waals surface area (Å²) in [6.45, 7) is 4.18. The summed E-state index contributed by atoms with van der Waals surface area (Å²) >= 11 is 0. The van der Waals surface area contributed by atoms with E-state index in [-0.39, 0.29) is 18.3 Å². The van der Waals surface area contributed by atoms with Gasteiger partial charge in [0.25, 0.3) is 0 Å². The molecule has 170 valence electrons. The van der Waals surface area contributed by atoms with E-state index >= 15 is 0 Å². The molecule has 11 nitrogen and oxygen atoms in total. The van der Waals surface area contributed by atoms with Gasteiger partial charge in [-0.3, -0.25) is 0 Å². The van der Waals surface area contributed by atoms with Gasteiger partial charge in [-0.2, -0.15) is 0 Å². The first-order valence-electron chi connectivity index (χ1n) is 9.29. The van der Waals surface area contributed by atoms with Crippen LogP contribution in [-0.2, 0) is 14.3 Å². The number of aliphatic carboxylic acids is 1. The van der Waals surface area contributed by atoms with Crippen LogP contribution in [-0.4, -0.2) is 84.3 Å². The number of hydrogen-bond acceptors (Lipinski definition) is 9. The fourth-order valence-electron chi connectivity index (χ4n) is 2.48. The standard InChI is InChI=1S/C14H16N2O2.C6H10O7/c1-3-18-14(17)13-9-15-10-16(13)11(2)12-7-5-4-6-8-12;7-1-2(8)3(9)4(10)5(11)6(12)13/h4-11H,3H2,1-2H3;1-5,8-11H,(H,12,13)/t;2-,3+,4-,5-/m.0/s1. The number of carboxylic acid groups (broad SMARTS) is 1. The number of nitrogens with zero attached hydrogens (tertiary/aromatic N) is 2. The van der Waals surface area contributed by atoms with Gasteiger partial charge < -0.3 is 39.6 Å². The Morgan fingerprint density at radius 3 is 2.26 bits per heavy atom. The summed E-state index contributed by atoms with van der Waals surface area (Å²) in [6.07, 6.45) is -5.20. The summed E-state index contributed by atoms with van der Waals surface area (Å²) in [4.78, 5) is 35.8. The first-order valence-corrected chi connectivity index (χ1v) is 9.29. The van der Waals surface area contributed by atoms with Crippen molar-refractivity contribution >= 4 is 18.2 Å². The van der Waals surface area contributed by atoms with Gasteiger partial charge in [0.1, 0.15) is 24.0 Å². The molecule has 0 fully saturated rings. The van der Waals surface area contributed by atoms with Gasteiger partial charge in [0.05, 0.1) is 25.2 Å². The highest BCUT2D eigenvalue weighted by Crippen LogP contribution is 2.19. The predicted molar refractivity (Wildman–Crippen MR) is 106 cm³/mol. The third-order valence-electron chi connectivity index (χ3n) is 4.27. The number of imidazole rings is 1. The van der Waals surface area contributed by atoms with Crippen molar-refractivity contribution in [3.05, 3.63) is 54.1 Å². The number of carbonyl (C=O) groups is 3. The SMILES string of the molecule is CCOC(=O)c1cncn1C(C)c1ccccc1.O=C[C@H](O)[C@@H](O)[C@H](O)[C@H](O)C(=O)O. The van der Waals surface area contributed by atoms with E-state index in [0.717, 1.165) is 5.56 Å². The number of carboxylic acids is 1. The fourth-order valence-corrected chi connectivity index (χ4v) is 2.48. The molecular formula is C20H26N2O9. The number of aromatic nitrogens is 2. The molecule has 0 aliphatic heterocycles. The molecule has 5 N–H and O–H groups in total. The molecule has 0 aliphatic carbocycles. The number of aldehydes is 1. The number of carbonyl (C=O) groups excluding carboxylic acids is 2. The maximum Gasteiger partial charge on any atom is 0.356 e. The van der Waals surface area contributed by atoms with Crippen molar-refractivity contribution in [1.82, 2.24) is 9.55 Å². The Kier molecular flexibility index (Phi) is 10.5. The third-order valence-corrected chi connectivity index (χ3v) is 4.27. The van der Waals surface area contributed by atoms with Crippen LogP contribution in [0.2, 0.25) is 0 Å². The van der Waals surface area contributed by atoms with E-state index in [1.165, 1.54) is 6.20 Å². The van der Waals surface area contributed by atoms with E-state index in [0.29, 0.717) is 12.3 Å². The Morgan fingerprint density at radius 2 is 1.74 bits per heavy atom. The minimum Gasteiger partial charge on any atom is -0.479 e. The lowest BCUT2D eigenvalue weighted by Crippen LogP contribution is -2.48. The first kappa shape index (κ1) is 25.9. The van der Waals surface area contributed by atoms with Gasteiger partial charge in [-0.1, -0.05) is 30.3 Å². The normalized spacial score (nSPS) is 15.4. The molecule has 0 radical (unpaired) electrons. The average molecular weight is 438 g/mol. The molecule has 0 saturated carbocycles. The monoisotopic (exact) mass is 438 g/mol. The predicted octanol–water partition coefficient (Wildman–Crippen LogP) is -0.617. The summed E-state index contributed by atoms with van der Waals surface area (Å²) in [5.74, 6) is -2.09. The second-order valence-corrected chi connectivity index (χ2v) is 6.38. The molecule has 0 aliphatic rings. The van der Waals surface area contributed by atoms with Crippen molar-refractivity contribution in [2.45, 2.75) is 44.3 Å². The summed E-state index contributed by atoms with van der Waals surface area (Å²) < 4.78 is 6.84. The van der Waals surface area contributed by atoms with Crippen molar-refractivity contribution in [2.24, 2.45) is 0 Å². The third kappa shape index (κ3) is 7.26. The lowest BCUT2D eigenvalue weighted by molar-refractivity contribution is -0.163. The minimum atomic E-state index is -2.25. The smallest absolute Gasteiger partial charge is 0.356 e. The molecule has 2 aromatic rings. The Hall–Kier alpha value is -3.12. The minimum absolute atomic E-state index is 0.0492. The molecule has 31 heavy (non-hydrogen) atoms. The summed E-state index contributed by atoms with van der Waals surface area (Å²) in [7, 11) is 0. The van der Waals surface area contributed by atoms with Gasteiger partial charge in [-0.15, -0.1) is 0 Å². The Balaban J connectivity index is 0.000000330. The van der Waals surface area contributed by atoms with Crippen molar-refractivity contribution < 1.29 is 44.7 Å². The lowest BCUT2D eigenvalue weighted by atomic mass is 10.0. The molecule has 1 unspecified atom stereocenters. The second-order valence-electron chi connectivity index (χ2n) is 6.38. The zero-order valence-electron chi connectivity index (χ0n) is 17.0. The molecule has 11 heteroatoms. The maximum absolute atomic E-state index is 11.8. The molecular weight excluding hydrogens is 412 g/mol. The summed E-state index contributed by atoms with van der Waals surface area (Å²) in [6, 6.07) is 10.0. The van der Waals surface area contributed by atoms with Crippen molar-refractivity contribution in [1.29, 1.82) is 0 Å². The van der Waals surface area contributed by atoms with Crippen LogP contribution in [0.25, 0.3) is 0 Å². The van der Waals surface area contributed by atoms with Gasteiger partial charge in [0.2, 0.25) is 0 Å². The van der Waals surface area contributed by atoms with Crippen LogP contribution in [0.4, 0.5) is 0 Å². The summed E-state index contributed by atoms with van der Waals surface area (Å²) in [5.41, 5.74) is 1.61. The molecule has 0 saturated heterocycles. The van der Waals surface area contributed by atoms with Gasteiger partial charge >= 0.3 is 11.9 Å². The number of aliphatic hydroxyl groups excluding tert-OH is 4. The lowest BCUT2D eigenvalue weighted by Gasteiger charge is -2.21. The molecule has 0 spiro atoms. The van der Waals surface area contributed by atoms with Gasteiger partial charge in [-0.25, -0.2) is 14.6 Å². The van der Waals surface area contributed by atoms with Crippen LogP contribution in [0, 0.1) is 0 Å². The van der Waals surface area contributed by atoms with Crippen LogP contribution in [0.15, 0.2) is 42.9 Å². The number of benzene rings is 1. The fraction of sp³-hybridized carbons (Fsp3) is 0.400. The van der Waals surface area contributed by atoms with E-state index in [4.69, 9.17) is 30.3 Å². The molecule has 2 rings (SSSR count). The van der Waals surface area contributed by atoms with E-state index in [1.807, 2.05) is 41.8 Å². The van der Waals surface area contributed by atoms with Gasteiger partial charge in [0, 0.05) is 0 Å². The van der Waals surface area contributed by atoms with E-state index < -0.39 is 30.4 Å². The van der Waals surface area contributed by atoms with Crippen LogP contribution < -0.4 is 0 Å². The van der Waals surface area contributed by atoms with Crippen LogP contribution in [0.1, 0.15) is 35.9 Å². The Morgan fingerprint density at radius 1 is 1.13 bits per heavy atom. The van der Waals surface area contributed by atoms with E-state index in [2.05, 4.69) is 4.98 Å². The molecule has 1 heterocycles. The highest BCUT2D eigenvalue weighted by Gasteiger charge is 2.34. The molecule has 0 bridgehead atoms. The average Bonchev–Trinajstić information content (AvgIpc) is 3.27. The Bertz CT molecular complexity index is 840. The van der Waals surface area contributed by atoms with E-state index in [1.54, 1.807) is 13.3 Å². The number of aliphatic hydroxyl groups is 4. The number of hydrogen-bond donors (Lipinski definition) is 5. The largest absolute Gasteiger partial charge is 0.479 e.